The van der Waals surface area contributed by atoms with Crippen molar-refractivity contribution in [2.75, 3.05) is 23.9 Å². The third-order valence-electron chi connectivity index (χ3n) is 2.50. The van der Waals surface area contributed by atoms with E-state index in [0.717, 1.165) is 18.2 Å². The number of hydrogen-bond acceptors (Lipinski definition) is 4. The number of halogens is 3. The molecule has 0 aliphatic rings. The topological polar surface area (TPSA) is 42.2 Å². The number of nitrogens with zero attached hydrogens (tertiary/aromatic N) is 3. The van der Waals surface area contributed by atoms with E-state index < -0.39 is 11.9 Å². The maximum atomic E-state index is 12.6. The maximum Gasteiger partial charge on any atom is 0.435 e. The lowest BCUT2D eigenvalue weighted by Crippen LogP contribution is -2.06. The molecule has 4 nitrogen and oxygen atoms in total. The Labute approximate surface area is 112 Å². The predicted octanol–water partition coefficient (Wildman–Crippen LogP) is 2.91. The first-order chi connectivity index (χ1) is 9.02. The van der Waals surface area contributed by atoms with Gasteiger partial charge >= 0.3 is 6.18 Å². The predicted molar refractivity (Wildman–Crippen MR) is 69.5 cm³/mol. The highest BCUT2D eigenvalue weighted by atomic mass is 32.2. The van der Waals surface area contributed by atoms with Crippen molar-refractivity contribution in [2.24, 2.45) is 0 Å². The summed E-state index contributed by atoms with van der Waals surface area (Å²) in [6.45, 7) is 0.667. The van der Waals surface area contributed by atoms with Gasteiger partial charge in [-0.15, -0.1) is 0 Å². The van der Waals surface area contributed by atoms with E-state index in [1.807, 2.05) is 6.26 Å². The van der Waals surface area contributed by atoms with E-state index in [0.29, 0.717) is 17.9 Å². The monoisotopic (exact) mass is 290 g/mol. The van der Waals surface area contributed by atoms with Gasteiger partial charge in [-0.3, -0.25) is 0 Å². The van der Waals surface area contributed by atoms with Gasteiger partial charge in [0.2, 0.25) is 0 Å². The Hall–Kier alpha value is -1.44. The first kappa shape index (κ1) is 14.0. The second-order valence-electron chi connectivity index (χ2n) is 3.91. The van der Waals surface area contributed by atoms with Crippen molar-refractivity contribution in [1.29, 1.82) is 0 Å². The molecule has 19 heavy (non-hydrogen) atoms. The largest absolute Gasteiger partial charge is 0.435 e. The van der Waals surface area contributed by atoms with Crippen LogP contribution in [0.5, 0.6) is 0 Å². The Morgan fingerprint density at radius 2 is 2.21 bits per heavy atom. The molecule has 0 atom stereocenters. The third kappa shape index (κ3) is 3.31. The van der Waals surface area contributed by atoms with Crippen LogP contribution >= 0.6 is 11.8 Å². The number of nitrogens with one attached hydrogen (secondary N) is 1. The SMILES string of the molecule is CSCCCNc1nccn2nc(C(F)(F)F)cc12. The Morgan fingerprint density at radius 3 is 2.89 bits per heavy atom. The van der Waals surface area contributed by atoms with Crippen LogP contribution in [-0.2, 0) is 6.18 Å². The van der Waals surface area contributed by atoms with Crippen molar-refractivity contribution in [2.45, 2.75) is 12.6 Å². The molecule has 0 saturated carbocycles. The van der Waals surface area contributed by atoms with Crippen LogP contribution in [0.15, 0.2) is 18.5 Å². The fraction of sp³-hybridized carbons (Fsp3) is 0.455. The maximum absolute atomic E-state index is 12.6. The van der Waals surface area contributed by atoms with Crippen molar-refractivity contribution in [1.82, 2.24) is 14.6 Å². The van der Waals surface area contributed by atoms with E-state index in [2.05, 4.69) is 15.4 Å². The fourth-order valence-corrected chi connectivity index (χ4v) is 2.05. The molecule has 8 heteroatoms. The van der Waals surface area contributed by atoms with E-state index in [1.54, 1.807) is 11.8 Å². The third-order valence-corrected chi connectivity index (χ3v) is 3.19. The van der Waals surface area contributed by atoms with Crippen LogP contribution in [0.4, 0.5) is 19.0 Å². The summed E-state index contributed by atoms with van der Waals surface area (Å²) in [6, 6.07) is 1.00. The summed E-state index contributed by atoms with van der Waals surface area (Å²) in [5.74, 6) is 1.41. The van der Waals surface area contributed by atoms with Crippen molar-refractivity contribution in [3.8, 4) is 0 Å². The van der Waals surface area contributed by atoms with Gasteiger partial charge in [-0.1, -0.05) is 0 Å². The molecule has 0 fully saturated rings. The minimum absolute atomic E-state index is 0.332. The lowest BCUT2D eigenvalue weighted by Gasteiger charge is -2.05. The molecule has 0 radical (unpaired) electrons. The van der Waals surface area contributed by atoms with Gasteiger partial charge in [0.1, 0.15) is 5.52 Å². The van der Waals surface area contributed by atoms with Crippen LogP contribution in [0.2, 0.25) is 0 Å². The molecule has 104 valence electrons. The molecular weight excluding hydrogens is 277 g/mol. The number of anilines is 1. The Bertz CT molecular complexity index is 552. The van der Waals surface area contributed by atoms with Crippen molar-refractivity contribution in [3.63, 3.8) is 0 Å². The summed E-state index contributed by atoms with van der Waals surface area (Å²) in [5.41, 5.74) is -0.577. The molecule has 0 bridgehead atoms. The van der Waals surface area contributed by atoms with E-state index >= 15 is 0 Å². The van der Waals surface area contributed by atoms with Gasteiger partial charge in [0.05, 0.1) is 0 Å². The number of thioether (sulfide) groups is 1. The summed E-state index contributed by atoms with van der Waals surface area (Å²) in [5, 5.41) is 6.53. The number of alkyl halides is 3. The van der Waals surface area contributed by atoms with Gasteiger partial charge in [0, 0.05) is 25.0 Å². The molecule has 2 aromatic rings. The number of fused-ring (bicyclic) bond motifs is 1. The average Bonchev–Trinajstić information content (AvgIpc) is 2.79. The molecule has 0 spiro atoms. The molecule has 2 heterocycles. The first-order valence-corrected chi connectivity index (χ1v) is 7.06. The zero-order chi connectivity index (χ0) is 13.9. The van der Waals surface area contributed by atoms with Gasteiger partial charge in [-0.2, -0.15) is 30.0 Å². The van der Waals surface area contributed by atoms with Crippen LogP contribution in [0.3, 0.4) is 0 Å². The van der Waals surface area contributed by atoms with Crippen LogP contribution in [-0.4, -0.2) is 33.2 Å². The van der Waals surface area contributed by atoms with Crippen molar-refractivity contribution < 1.29 is 13.2 Å². The van der Waals surface area contributed by atoms with Gasteiger partial charge < -0.3 is 5.32 Å². The zero-order valence-electron chi connectivity index (χ0n) is 10.2. The minimum atomic E-state index is -4.44. The van der Waals surface area contributed by atoms with Gasteiger partial charge in [0.25, 0.3) is 0 Å². The molecule has 0 aromatic carbocycles. The molecule has 1 N–H and O–H groups in total. The van der Waals surface area contributed by atoms with E-state index in [9.17, 15) is 13.2 Å². The van der Waals surface area contributed by atoms with Crippen LogP contribution in [0.1, 0.15) is 12.1 Å². The van der Waals surface area contributed by atoms with Gasteiger partial charge in [0.15, 0.2) is 11.5 Å². The second-order valence-corrected chi connectivity index (χ2v) is 4.89. The summed E-state index contributed by atoms with van der Waals surface area (Å²) in [4.78, 5) is 4.05. The summed E-state index contributed by atoms with van der Waals surface area (Å²) < 4.78 is 39.0. The highest BCUT2D eigenvalue weighted by Gasteiger charge is 2.34. The standard InChI is InChI=1S/C11H13F3N4S/c1-19-6-2-3-15-10-8-7-9(11(12,13)14)17-18(8)5-4-16-10/h4-5,7H,2-3,6H2,1H3,(H,15,16). The number of hydrogen-bond donors (Lipinski definition) is 1. The molecule has 2 rings (SSSR count). The van der Waals surface area contributed by atoms with E-state index in [-0.39, 0.29) is 0 Å². The molecule has 2 aromatic heterocycles. The summed E-state index contributed by atoms with van der Waals surface area (Å²) >= 11 is 1.72. The van der Waals surface area contributed by atoms with Crippen LogP contribution in [0, 0.1) is 0 Å². The number of aromatic nitrogens is 3. The summed E-state index contributed by atoms with van der Waals surface area (Å²) in [6.07, 6.45) is 1.31. The Balaban J connectivity index is 2.22. The molecule has 0 aliphatic carbocycles. The van der Waals surface area contributed by atoms with Gasteiger partial charge in [-0.25, -0.2) is 9.50 Å². The molecule has 0 saturated heterocycles. The van der Waals surface area contributed by atoms with Crippen LogP contribution in [0.25, 0.3) is 5.52 Å². The quantitative estimate of drug-likeness (QED) is 0.860. The lowest BCUT2D eigenvalue weighted by atomic mass is 10.3. The smallest absolute Gasteiger partial charge is 0.368 e. The highest BCUT2D eigenvalue weighted by Crippen LogP contribution is 2.29. The van der Waals surface area contributed by atoms with Crippen LogP contribution < -0.4 is 5.32 Å². The molecule has 0 aliphatic heterocycles. The number of rotatable bonds is 5. The molecule has 0 amide bonds. The summed E-state index contributed by atoms with van der Waals surface area (Å²) in [7, 11) is 0. The fourth-order valence-electron chi connectivity index (χ4n) is 1.62. The molecular formula is C11H13F3N4S. The van der Waals surface area contributed by atoms with E-state index in [4.69, 9.17) is 0 Å². The van der Waals surface area contributed by atoms with Gasteiger partial charge in [-0.05, 0) is 18.4 Å². The Morgan fingerprint density at radius 1 is 1.42 bits per heavy atom. The minimum Gasteiger partial charge on any atom is -0.368 e. The highest BCUT2D eigenvalue weighted by molar-refractivity contribution is 7.98. The Kier molecular flexibility index (Phi) is 4.18. The normalized spacial score (nSPS) is 12.0. The second kappa shape index (κ2) is 5.68. The van der Waals surface area contributed by atoms with Crippen molar-refractivity contribution >= 4 is 23.1 Å². The van der Waals surface area contributed by atoms with Crippen molar-refractivity contribution in [3.05, 3.63) is 24.2 Å². The zero-order valence-corrected chi connectivity index (χ0v) is 11.1. The first-order valence-electron chi connectivity index (χ1n) is 5.67. The lowest BCUT2D eigenvalue weighted by molar-refractivity contribution is -0.141. The molecule has 0 unspecified atom stereocenters. The van der Waals surface area contributed by atoms with E-state index in [1.165, 1.54) is 16.9 Å². The average molecular weight is 290 g/mol.